The quantitative estimate of drug-likeness (QED) is 0.728. The average Bonchev–Trinajstić information content (AvgIpc) is 2.36. The van der Waals surface area contributed by atoms with Crippen molar-refractivity contribution in [3.8, 4) is 0 Å². The summed E-state index contributed by atoms with van der Waals surface area (Å²) in [6.07, 6.45) is 2.07. The van der Waals surface area contributed by atoms with Gasteiger partial charge in [0.15, 0.2) is 0 Å². The summed E-state index contributed by atoms with van der Waals surface area (Å²) in [7, 11) is -2.08. The van der Waals surface area contributed by atoms with Crippen LogP contribution in [0.1, 0.15) is 25.7 Å². The molecule has 0 aromatic rings. The summed E-state index contributed by atoms with van der Waals surface area (Å²) in [5.74, 6) is -1.35. The van der Waals surface area contributed by atoms with Crippen LogP contribution >= 0.6 is 0 Å². The van der Waals surface area contributed by atoms with Crippen molar-refractivity contribution in [1.82, 2.24) is 8.61 Å². The first-order chi connectivity index (χ1) is 9.30. The van der Waals surface area contributed by atoms with Crippen molar-refractivity contribution in [1.29, 1.82) is 0 Å². The fourth-order valence-electron chi connectivity index (χ4n) is 2.86. The Morgan fingerprint density at radius 1 is 1.40 bits per heavy atom. The monoisotopic (exact) mass is 306 g/mol. The second-order valence-corrected chi connectivity index (χ2v) is 7.85. The molecular weight excluding hydrogens is 284 g/mol. The zero-order valence-corrected chi connectivity index (χ0v) is 12.4. The molecule has 0 radical (unpaired) electrons. The number of aliphatic carboxylic acids is 1. The molecule has 1 heterocycles. The molecule has 0 aromatic heterocycles. The minimum atomic E-state index is -3.60. The number of rotatable bonds is 5. The molecule has 8 heteroatoms. The van der Waals surface area contributed by atoms with E-state index in [9.17, 15) is 18.3 Å². The summed E-state index contributed by atoms with van der Waals surface area (Å²) in [5.41, 5.74) is 0. The number of piperidine rings is 1. The Morgan fingerprint density at radius 3 is 2.60 bits per heavy atom. The van der Waals surface area contributed by atoms with Gasteiger partial charge in [-0.15, -0.1) is 0 Å². The third kappa shape index (κ3) is 3.30. The molecule has 1 saturated carbocycles. The Morgan fingerprint density at radius 2 is 2.05 bits per heavy atom. The SMILES string of the molecule is CN(CC1CC(O)C1)S(=O)(=O)N1CCCC(C(=O)O)C1. The Labute approximate surface area is 119 Å². The van der Waals surface area contributed by atoms with Crippen molar-refractivity contribution in [3.63, 3.8) is 0 Å². The maximum Gasteiger partial charge on any atom is 0.307 e. The van der Waals surface area contributed by atoms with E-state index in [1.807, 2.05) is 0 Å². The molecule has 0 bridgehead atoms. The molecule has 20 heavy (non-hydrogen) atoms. The number of aliphatic hydroxyl groups is 1. The maximum atomic E-state index is 12.4. The minimum absolute atomic E-state index is 0.0509. The molecule has 116 valence electrons. The van der Waals surface area contributed by atoms with Gasteiger partial charge in [0.1, 0.15) is 0 Å². The lowest BCUT2D eigenvalue weighted by Crippen LogP contribution is -2.50. The Hall–Kier alpha value is -0.700. The van der Waals surface area contributed by atoms with Gasteiger partial charge < -0.3 is 10.2 Å². The molecule has 1 aliphatic carbocycles. The van der Waals surface area contributed by atoms with Crippen molar-refractivity contribution in [2.75, 3.05) is 26.7 Å². The molecule has 0 amide bonds. The van der Waals surface area contributed by atoms with E-state index in [0.29, 0.717) is 38.8 Å². The van der Waals surface area contributed by atoms with E-state index >= 15 is 0 Å². The summed E-state index contributed by atoms with van der Waals surface area (Å²) in [4.78, 5) is 11.0. The number of carbonyl (C=O) groups is 1. The van der Waals surface area contributed by atoms with Crippen LogP contribution in [0.25, 0.3) is 0 Å². The van der Waals surface area contributed by atoms with Gasteiger partial charge in [-0.1, -0.05) is 0 Å². The second-order valence-electron chi connectivity index (χ2n) is 5.81. The molecule has 1 atom stereocenters. The molecular formula is C12H22N2O5S. The van der Waals surface area contributed by atoms with Crippen molar-refractivity contribution in [2.24, 2.45) is 11.8 Å². The van der Waals surface area contributed by atoms with E-state index in [-0.39, 0.29) is 18.6 Å². The van der Waals surface area contributed by atoms with E-state index in [2.05, 4.69) is 0 Å². The molecule has 2 N–H and O–H groups in total. The highest BCUT2D eigenvalue weighted by atomic mass is 32.2. The average molecular weight is 306 g/mol. The predicted molar refractivity (Wildman–Crippen MR) is 72.2 cm³/mol. The number of hydrogen-bond acceptors (Lipinski definition) is 4. The second kappa shape index (κ2) is 5.97. The standard InChI is InChI=1S/C12H22N2O5S/c1-13(7-9-5-11(15)6-9)20(18,19)14-4-2-3-10(8-14)12(16)17/h9-11,15H,2-8H2,1H3,(H,16,17). The molecule has 7 nitrogen and oxygen atoms in total. The molecule has 1 saturated heterocycles. The van der Waals surface area contributed by atoms with Gasteiger partial charge in [0.2, 0.25) is 0 Å². The maximum absolute atomic E-state index is 12.4. The Kier molecular flexibility index (Phi) is 4.68. The molecule has 1 aliphatic heterocycles. The third-order valence-electron chi connectivity index (χ3n) is 4.18. The number of carboxylic acid groups (broad SMARTS) is 1. The van der Waals surface area contributed by atoms with Gasteiger partial charge in [-0.05, 0) is 31.6 Å². The predicted octanol–water partition coefficient (Wildman–Crippen LogP) is -0.269. The van der Waals surface area contributed by atoms with E-state index in [0.717, 1.165) is 0 Å². The van der Waals surface area contributed by atoms with Gasteiger partial charge in [-0.2, -0.15) is 17.0 Å². The van der Waals surface area contributed by atoms with Crippen LogP contribution < -0.4 is 0 Å². The summed E-state index contributed by atoms with van der Waals surface area (Å²) in [6, 6.07) is 0. The number of carboxylic acids is 1. The number of hydrogen-bond donors (Lipinski definition) is 2. The van der Waals surface area contributed by atoms with Crippen LogP contribution in [0.5, 0.6) is 0 Å². The van der Waals surface area contributed by atoms with E-state index in [1.165, 1.54) is 15.7 Å². The Bertz CT molecular complexity index is 460. The van der Waals surface area contributed by atoms with Crippen LogP contribution in [-0.2, 0) is 15.0 Å². The topological polar surface area (TPSA) is 98.2 Å². The molecule has 0 aromatic carbocycles. The highest BCUT2D eigenvalue weighted by Gasteiger charge is 2.37. The molecule has 2 aliphatic rings. The van der Waals surface area contributed by atoms with E-state index in [1.54, 1.807) is 0 Å². The van der Waals surface area contributed by atoms with E-state index < -0.39 is 22.1 Å². The van der Waals surface area contributed by atoms with Gasteiger partial charge in [0, 0.05) is 26.7 Å². The van der Waals surface area contributed by atoms with Crippen molar-refractivity contribution in [3.05, 3.63) is 0 Å². The lowest BCUT2D eigenvalue weighted by molar-refractivity contribution is -0.142. The lowest BCUT2D eigenvalue weighted by atomic mass is 9.82. The first-order valence-electron chi connectivity index (χ1n) is 6.93. The normalized spacial score (nSPS) is 32.0. The smallest absolute Gasteiger partial charge is 0.307 e. The highest BCUT2D eigenvalue weighted by Crippen LogP contribution is 2.29. The number of nitrogens with zero attached hydrogens (tertiary/aromatic N) is 2. The summed E-state index contributed by atoms with van der Waals surface area (Å²) in [5, 5.41) is 18.3. The first-order valence-corrected chi connectivity index (χ1v) is 8.32. The zero-order valence-electron chi connectivity index (χ0n) is 11.6. The molecule has 2 fully saturated rings. The largest absolute Gasteiger partial charge is 0.481 e. The van der Waals surface area contributed by atoms with Gasteiger partial charge in [-0.3, -0.25) is 4.79 Å². The fraction of sp³-hybridized carbons (Fsp3) is 0.917. The van der Waals surface area contributed by atoms with Crippen LogP contribution in [0.4, 0.5) is 0 Å². The van der Waals surface area contributed by atoms with Crippen molar-refractivity contribution in [2.45, 2.75) is 31.8 Å². The third-order valence-corrected chi connectivity index (χ3v) is 6.10. The van der Waals surface area contributed by atoms with Gasteiger partial charge in [0.05, 0.1) is 12.0 Å². The fourth-order valence-corrected chi connectivity index (χ4v) is 4.38. The molecule has 2 rings (SSSR count). The Balaban J connectivity index is 1.96. The van der Waals surface area contributed by atoms with Crippen LogP contribution in [-0.4, -0.2) is 66.0 Å². The van der Waals surface area contributed by atoms with Gasteiger partial charge >= 0.3 is 5.97 Å². The summed E-state index contributed by atoms with van der Waals surface area (Å²) in [6.45, 7) is 0.812. The minimum Gasteiger partial charge on any atom is -0.481 e. The highest BCUT2D eigenvalue weighted by molar-refractivity contribution is 7.86. The number of aliphatic hydroxyl groups excluding tert-OH is 1. The van der Waals surface area contributed by atoms with Crippen molar-refractivity contribution < 1.29 is 23.4 Å². The van der Waals surface area contributed by atoms with Gasteiger partial charge in [0.25, 0.3) is 10.2 Å². The van der Waals surface area contributed by atoms with Crippen LogP contribution in [0.2, 0.25) is 0 Å². The van der Waals surface area contributed by atoms with E-state index in [4.69, 9.17) is 5.11 Å². The summed E-state index contributed by atoms with van der Waals surface area (Å²) >= 11 is 0. The van der Waals surface area contributed by atoms with Gasteiger partial charge in [-0.25, -0.2) is 0 Å². The molecule has 1 unspecified atom stereocenters. The van der Waals surface area contributed by atoms with Crippen molar-refractivity contribution >= 4 is 16.2 Å². The van der Waals surface area contributed by atoms with Crippen LogP contribution in [0.3, 0.4) is 0 Å². The molecule has 0 spiro atoms. The van der Waals surface area contributed by atoms with Crippen LogP contribution in [0, 0.1) is 11.8 Å². The lowest BCUT2D eigenvalue weighted by Gasteiger charge is -2.37. The van der Waals surface area contributed by atoms with Crippen LogP contribution in [0.15, 0.2) is 0 Å². The zero-order chi connectivity index (χ0) is 14.9. The first kappa shape index (κ1) is 15.7. The summed E-state index contributed by atoms with van der Waals surface area (Å²) < 4.78 is 27.4.